The molecule has 0 fully saturated rings. The van der Waals surface area contributed by atoms with E-state index in [1.807, 2.05) is 25.1 Å². The summed E-state index contributed by atoms with van der Waals surface area (Å²) in [6.07, 6.45) is 2.30. The molecule has 4 heteroatoms. The quantitative estimate of drug-likeness (QED) is 0.791. The predicted octanol–water partition coefficient (Wildman–Crippen LogP) is 3.73. The monoisotopic (exact) mass is 281 g/mol. The minimum Gasteiger partial charge on any atom is -0.369 e. The lowest BCUT2D eigenvalue weighted by molar-refractivity contribution is 0.625. The third-order valence-corrected chi connectivity index (χ3v) is 3.39. The van der Waals surface area contributed by atoms with Crippen LogP contribution in [0, 0.1) is 12.7 Å². The number of aromatic nitrogens is 2. The van der Waals surface area contributed by atoms with Gasteiger partial charge in [0.15, 0.2) is 0 Å². The molecule has 0 aliphatic heterocycles. The molecule has 0 amide bonds. The first-order valence-electron chi connectivity index (χ1n) is 6.92. The zero-order valence-corrected chi connectivity index (χ0v) is 11.8. The Morgan fingerprint density at radius 3 is 2.86 bits per heavy atom. The smallest absolute Gasteiger partial charge is 0.137 e. The highest BCUT2D eigenvalue weighted by Gasteiger charge is 2.03. The highest BCUT2D eigenvalue weighted by Crippen LogP contribution is 2.20. The summed E-state index contributed by atoms with van der Waals surface area (Å²) in [5.41, 5.74) is 3.06. The van der Waals surface area contributed by atoms with Crippen molar-refractivity contribution in [2.75, 3.05) is 11.9 Å². The van der Waals surface area contributed by atoms with Crippen LogP contribution in [0.1, 0.15) is 11.1 Å². The van der Waals surface area contributed by atoms with Crippen LogP contribution in [-0.4, -0.2) is 16.5 Å². The van der Waals surface area contributed by atoms with Crippen molar-refractivity contribution < 1.29 is 4.39 Å². The van der Waals surface area contributed by atoms with Crippen molar-refractivity contribution in [3.8, 4) is 0 Å². The molecule has 0 unspecified atom stereocenters. The van der Waals surface area contributed by atoms with Crippen molar-refractivity contribution in [3.05, 3.63) is 65.7 Å². The largest absolute Gasteiger partial charge is 0.369 e. The van der Waals surface area contributed by atoms with E-state index < -0.39 is 0 Å². The van der Waals surface area contributed by atoms with E-state index in [1.165, 1.54) is 11.6 Å². The molecule has 0 atom stereocenters. The van der Waals surface area contributed by atoms with E-state index in [-0.39, 0.29) is 5.82 Å². The molecule has 0 aliphatic rings. The fourth-order valence-corrected chi connectivity index (χ4v) is 2.33. The molecule has 3 rings (SSSR count). The van der Waals surface area contributed by atoms with Crippen molar-refractivity contribution >= 4 is 16.7 Å². The van der Waals surface area contributed by atoms with Crippen molar-refractivity contribution in [2.45, 2.75) is 13.3 Å². The molecule has 3 nitrogen and oxygen atoms in total. The van der Waals surface area contributed by atoms with Crippen molar-refractivity contribution in [1.29, 1.82) is 0 Å². The molecule has 0 saturated carbocycles. The lowest BCUT2D eigenvalue weighted by Gasteiger charge is -2.09. The third kappa shape index (κ3) is 3.16. The second-order valence-corrected chi connectivity index (χ2v) is 5.05. The molecule has 1 N–H and O–H groups in total. The molecule has 0 aliphatic carbocycles. The van der Waals surface area contributed by atoms with Crippen molar-refractivity contribution in [2.24, 2.45) is 0 Å². The average Bonchev–Trinajstić information content (AvgIpc) is 2.48. The first-order chi connectivity index (χ1) is 10.2. The number of nitrogens with one attached hydrogen (secondary N) is 1. The van der Waals surface area contributed by atoms with Crippen molar-refractivity contribution in [3.63, 3.8) is 0 Å². The maximum Gasteiger partial charge on any atom is 0.137 e. The van der Waals surface area contributed by atoms with Gasteiger partial charge in [-0.2, -0.15) is 0 Å². The number of hydrogen-bond acceptors (Lipinski definition) is 3. The topological polar surface area (TPSA) is 37.8 Å². The maximum atomic E-state index is 13.1. The van der Waals surface area contributed by atoms with Crippen LogP contribution in [0.15, 0.2) is 48.8 Å². The number of fused-ring (bicyclic) bond motifs is 1. The SMILES string of the molecule is Cc1ccc2ncnc(NCCc3cccc(F)c3)c2c1. The van der Waals surface area contributed by atoms with Gasteiger partial charge in [-0.1, -0.05) is 23.8 Å². The number of halogens is 1. The molecular weight excluding hydrogens is 265 g/mol. The normalized spacial score (nSPS) is 10.8. The molecule has 1 heterocycles. The summed E-state index contributed by atoms with van der Waals surface area (Å²) in [7, 11) is 0. The van der Waals surface area contributed by atoms with Gasteiger partial charge in [0.1, 0.15) is 18.0 Å². The Morgan fingerprint density at radius 2 is 2.00 bits per heavy atom. The van der Waals surface area contributed by atoms with E-state index in [9.17, 15) is 4.39 Å². The fourth-order valence-electron chi connectivity index (χ4n) is 2.33. The van der Waals surface area contributed by atoms with Crippen LogP contribution in [0.25, 0.3) is 10.9 Å². The summed E-state index contributed by atoms with van der Waals surface area (Å²) in [6.45, 7) is 2.74. The minimum atomic E-state index is -0.199. The van der Waals surface area contributed by atoms with Gasteiger partial charge in [-0.15, -0.1) is 0 Å². The fraction of sp³-hybridized carbons (Fsp3) is 0.176. The summed E-state index contributed by atoms with van der Waals surface area (Å²) >= 11 is 0. The zero-order chi connectivity index (χ0) is 14.7. The van der Waals surface area contributed by atoms with Crippen LogP contribution in [-0.2, 0) is 6.42 Å². The predicted molar refractivity (Wildman–Crippen MR) is 82.9 cm³/mol. The van der Waals surface area contributed by atoms with Gasteiger partial charge in [-0.05, 0) is 43.2 Å². The number of anilines is 1. The molecule has 106 valence electrons. The molecule has 2 aromatic carbocycles. The molecule has 0 radical (unpaired) electrons. The van der Waals surface area contributed by atoms with E-state index >= 15 is 0 Å². The Labute approximate surface area is 122 Å². The van der Waals surface area contributed by atoms with Gasteiger partial charge in [0.25, 0.3) is 0 Å². The molecule has 0 spiro atoms. The second-order valence-electron chi connectivity index (χ2n) is 5.05. The zero-order valence-electron chi connectivity index (χ0n) is 11.8. The summed E-state index contributed by atoms with van der Waals surface area (Å²) in [6, 6.07) is 12.8. The Morgan fingerprint density at radius 1 is 1.10 bits per heavy atom. The summed E-state index contributed by atoms with van der Waals surface area (Å²) in [5, 5.41) is 4.32. The Balaban J connectivity index is 1.75. The van der Waals surface area contributed by atoms with Crippen LogP contribution in [0.5, 0.6) is 0 Å². The maximum absolute atomic E-state index is 13.1. The summed E-state index contributed by atoms with van der Waals surface area (Å²) in [4.78, 5) is 8.56. The number of hydrogen-bond donors (Lipinski definition) is 1. The van der Waals surface area contributed by atoms with Gasteiger partial charge in [0, 0.05) is 11.9 Å². The van der Waals surface area contributed by atoms with E-state index in [0.29, 0.717) is 6.54 Å². The molecule has 1 aromatic heterocycles. The standard InChI is InChI=1S/C17H16FN3/c1-12-5-6-16-15(9-12)17(21-11-20-16)19-8-7-13-3-2-4-14(18)10-13/h2-6,9-11H,7-8H2,1H3,(H,19,20,21). The third-order valence-electron chi connectivity index (χ3n) is 3.39. The first-order valence-corrected chi connectivity index (χ1v) is 6.92. The van der Waals surface area contributed by atoms with Gasteiger partial charge in [0.05, 0.1) is 5.52 Å². The van der Waals surface area contributed by atoms with Crippen LogP contribution in [0.3, 0.4) is 0 Å². The Bertz CT molecular complexity index is 771. The highest BCUT2D eigenvalue weighted by molar-refractivity contribution is 5.89. The Kier molecular flexibility index (Phi) is 3.77. The van der Waals surface area contributed by atoms with Crippen LogP contribution >= 0.6 is 0 Å². The van der Waals surface area contributed by atoms with E-state index in [2.05, 4.69) is 21.4 Å². The number of rotatable bonds is 4. The molecular formula is C17H16FN3. The molecule has 3 aromatic rings. The number of benzene rings is 2. The van der Waals surface area contributed by atoms with Gasteiger partial charge >= 0.3 is 0 Å². The first kappa shape index (κ1) is 13.5. The highest BCUT2D eigenvalue weighted by atomic mass is 19.1. The van der Waals surface area contributed by atoms with Gasteiger partial charge in [-0.25, -0.2) is 14.4 Å². The van der Waals surface area contributed by atoms with E-state index in [1.54, 1.807) is 18.5 Å². The van der Waals surface area contributed by atoms with Gasteiger partial charge in [0.2, 0.25) is 0 Å². The molecule has 0 bridgehead atoms. The minimum absolute atomic E-state index is 0.199. The van der Waals surface area contributed by atoms with Gasteiger partial charge < -0.3 is 5.32 Å². The summed E-state index contributed by atoms with van der Waals surface area (Å²) in [5.74, 6) is 0.621. The Hall–Kier alpha value is -2.49. The van der Waals surface area contributed by atoms with Crippen LogP contribution in [0.2, 0.25) is 0 Å². The molecule has 21 heavy (non-hydrogen) atoms. The average molecular weight is 281 g/mol. The number of aryl methyl sites for hydroxylation is 1. The number of nitrogens with zero attached hydrogens (tertiary/aromatic N) is 2. The molecule has 0 saturated heterocycles. The van der Waals surface area contributed by atoms with Gasteiger partial charge in [-0.3, -0.25) is 0 Å². The second kappa shape index (κ2) is 5.87. The summed E-state index contributed by atoms with van der Waals surface area (Å²) < 4.78 is 13.1. The van der Waals surface area contributed by atoms with Crippen molar-refractivity contribution in [1.82, 2.24) is 9.97 Å². The van der Waals surface area contributed by atoms with Crippen LogP contribution in [0.4, 0.5) is 10.2 Å². The van der Waals surface area contributed by atoms with Crippen LogP contribution < -0.4 is 5.32 Å². The lowest BCUT2D eigenvalue weighted by atomic mass is 10.1. The van der Waals surface area contributed by atoms with E-state index in [0.717, 1.165) is 28.7 Å². The lowest BCUT2D eigenvalue weighted by Crippen LogP contribution is -2.07. The van der Waals surface area contributed by atoms with E-state index in [4.69, 9.17) is 0 Å².